The Balaban J connectivity index is 1.69. The molecule has 34 heavy (non-hydrogen) atoms. The Hall–Kier alpha value is -3.77. The molecule has 0 aliphatic heterocycles. The molecule has 0 saturated carbocycles. The first-order valence-corrected chi connectivity index (χ1v) is 11.9. The van der Waals surface area contributed by atoms with Crippen molar-refractivity contribution in [1.82, 2.24) is 10.2 Å². The number of halogens is 1. The average Bonchev–Trinajstić information content (AvgIpc) is 3.38. The Morgan fingerprint density at radius 2 is 1.47 bits per heavy atom. The fraction of sp³-hybridized carbons (Fsp3) is 0.143. The van der Waals surface area contributed by atoms with Gasteiger partial charge in [0.15, 0.2) is 0 Å². The molecule has 0 bridgehead atoms. The third-order valence-electron chi connectivity index (χ3n) is 5.49. The smallest absolute Gasteiger partial charge is 0.247 e. The van der Waals surface area contributed by atoms with Gasteiger partial charge in [-0.1, -0.05) is 84.9 Å². The highest BCUT2D eigenvalue weighted by molar-refractivity contribution is 7.10. The standard InChI is InChI=1S/C28H25FN2O2S/c29-25-16-8-7-15-24(25)27(28(33)30-19-21-10-3-1-4-11-21)31(20-22-12-5-2-6-13-22)26(32)18-23-14-9-17-34-23/h1-17,27H,18-20H2,(H,30,33)/t27-/m0/s1. The summed E-state index contributed by atoms with van der Waals surface area (Å²) in [5.74, 6) is -1.19. The van der Waals surface area contributed by atoms with Crippen LogP contribution in [0.15, 0.2) is 102 Å². The van der Waals surface area contributed by atoms with Gasteiger partial charge >= 0.3 is 0 Å². The number of benzene rings is 3. The second-order valence-electron chi connectivity index (χ2n) is 7.89. The van der Waals surface area contributed by atoms with Gasteiger partial charge < -0.3 is 10.2 Å². The molecule has 3 aromatic carbocycles. The number of carbonyl (C=O) groups is 2. The third-order valence-corrected chi connectivity index (χ3v) is 6.37. The molecule has 0 aliphatic carbocycles. The second-order valence-corrected chi connectivity index (χ2v) is 8.92. The fourth-order valence-electron chi connectivity index (χ4n) is 3.80. The first kappa shape index (κ1) is 23.4. The number of hydrogen-bond acceptors (Lipinski definition) is 3. The minimum Gasteiger partial charge on any atom is -0.350 e. The van der Waals surface area contributed by atoms with Crippen molar-refractivity contribution in [1.29, 1.82) is 0 Å². The van der Waals surface area contributed by atoms with E-state index in [1.807, 2.05) is 78.2 Å². The monoisotopic (exact) mass is 472 g/mol. The Labute approximate surface area is 202 Å². The van der Waals surface area contributed by atoms with Gasteiger partial charge in [0.25, 0.3) is 0 Å². The van der Waals surface area contributed by atoms with Gasteiger partial charge in [-0.3, -0.25) is 9.59 Å². The van der Waals surface area contributed by atoms with E-state index in [1.165, 1.54) is 22.3 Å². The van der Waals surface area contributed by atoms with Crippen LogP contribution in [0.25, 0.3) is 0 Å². The van der Waals surface area contributed by atoms with Crippen LogP contribution in [0.1, 0.15) is 27.6 Å². The Morgan fingerprint density at radius 1 is 0.824 bits per heavy atom. The molecule has 172 valence electrons. The molecule has 0 aliphatic rings. The van der Waals surface area contributed by atoms with Crippen LogP contribution < -0.4 is 5.32 Å². The van der Waals surface area contributed by atoms with Gasteiger partial charge in [0, 0.05) is 23.5 Å². The predicted molar refractivity (Wildman–Crippen MR) is 132 cm³/mol. The van der Waals surface area contributed by atoms with E-state index < -0.39 is 17.8 Å². The molecule has 2 amide bonds. The molecule has 0 saturated heterocycles. The number of thiophene rings is 1. The van der Waals surface area contributed by atoms with Crippen LogP contribution in [0.5, 0.6) is 0 Å². The number of nitrogens with zero attached hydrogens (tertiary/aromatic N) is 1. The lowest BCUT2D eigenvalue weighted by Crippen LogP contribution is -2.44. The number of rotatable bonds is 9. The van der Waals surface area contributed by atoms with Crippen molar-refractivity contribution in [3.8, 4) is 0 Å². The summed E-state index contributed by atoms with van der Waals surface area (Å²) in [4.78, 5) is 29.5. The van der Waals surface area contributed by atoms with Gasteiger partial charge in [0.1, 0.15) is 11.9 Å². The zero-order valence-corrected chi connectivity index (χ0v) is 19.4. The first-order chi connectivity index (χ1) is 16.6. The van der Waals surface area contributed by atoms with Crippen molar-refractivity contribution >= 4 is 23.2 Å². The maximum atomic E-state index is 15.0. The van der Waals surface area contributed by atoms with Gasteiger partial charge in [0.05, 0.1) is 6.42 Å². The van der Waals surface area contributed by atoms with Gasteiger partial charge in [-0.25, -0.2) is 4.39 Å². The fourth-order valence-corrected chi connectivity index (χ4v) is 4.49. The maximum Gasteiger partial charge on any atom is 0.247 e. The molecule has 0 unspecified atom stereocenters. The van der Waals surface area contributed by atoms with E-state index in [4.69, 9.17) is 0 Å². The summed E-state index contributed by atoms with van der Waals surface area (Å²) in [5.41, 5.74) is 1.95. The van der Waals surface area contributed by atoms with E-state index in [2.05, 4.69) is 5.32 Å². The average molecular weight is 473 g/mol. The SMILES string of the molecule is O=C(NCc1ccccc1)[C@H](c1ccccc1F)N(Cc1ccccc1)C(=O)Cc1cccs1. The molecule has 4 nitrogen and oxygen atoms in total. The predicted octanol–water partition coefficient (Wildman–Crippen LogP) is 5.52. The van der Waals surface area contributed by atoms with Gasteiger partial charge in [-0.05, 0) is 28.6 Å². The summed E-state index contributed by atoms with van der Waals surface area (Å²) < 4.78 is 15.0. The molecule has 1 aromatic heterocycles. The quantitative estimate of drug-likeness (QED) is 0.349. The minimum absolute atomic E-state index is 0.140. The van der Waals surface area contributed by atoms with Crippen molar-refractivity contribution in [3.05, 3.63) is 130 Å². The first-order valence-electron chi connectivity index (χ1n) is 11.0. The van der Waals surface area contributed by atoms with E-state index in [0.717, 1.165) is 16.0 Å². The van der Waals surface area contributed by atoms with E-state index in [0.29, 0.717) is 0 Å². The van der Waals surface area contributed by atoms with Crippen LogP contribution in [-0.4, -0.2) is 16.7 Å². The van der Waals surface area contributed by atoms with Crippen LogP contribution >= 0.6 is 11.3 Å². The van der Waals surface area contributed by atoms with E-state index in [1.54, 1.807) is 18.2 Å². The molecular formula is C28H25FN2O2S. The molecule has 4 rings (SSSR count). The van der Waals surface area contributed by atoms with E-state index >= 15 is 0 Å². The minimum atomic E-state index is -1.11. The van der Waals surface area contributed by atoms with Crippen LogP contribution in [0.3, 0.4) is 0 Å². The Kier molecular flexibility index (Phi) is 7.83. The van der Waals surface area contributed by atoms with E-state index in [-0.39, 0.29) is 31.0 Å². The summed E-state index contributed by atoms with van der Waals surface area (Å²) in [6, 6.07) is 27.7. The van der Waals surface area contributed by atoms with Crippen molar-refractivity contribution in [2.45, 2.75) is 25.6 Å². The summed E-state index contributed by atoms with van der Waals surface area (Å²) in [7, 11) is 0. The lowest BCUT2D eigenvalue weighted by molar-refractivity contribution is -0.141. The zero-order chi connectivity index (χ0) is 23.8. The molecular weight excluding hydrogens is 447 g/mol. The summed E-state index contributed by atoms with van der Waals surface area (Å²) in [6.07, 6.45) is 0.140. The molecule has 4 aromatic rings. The van der Waals surface area contributed by atoms with Gasteiger partial charge in [-0.15, -0.1) is 11.3 Å². The van der Waals surface area contributed by atoms with Gasteiger partial charge in [-0.2, -0.15) is 0 Å². The highest BCUT2D eigenvalue weighted by Crippen LogP contribution is 2.27. The summed E-state index contributed by atoms with van der Waals surface area (Å²) in [6.45, 7) is 0.464. The topological polar surface area (TPSA) is 49.4 Å². The number of nitrogens with one attached hydrogen (secondary N) is 1. The van der Waals surface area contributed by atoms with Crippen molar-refractivity contribution < 1.29 is 14.0 Å². The normalized spacial score (nSPS) is 11.6. The van der Waals surface area contributed by atoms with Crippen molar-refractivity contribution in [3.63, 3.8) is 0 Å². The molecule has 0 radical (unpaired) electrons. The molecule has 1 atom stereocenters. The van der Waals surface area contributed by atoms with Crippen LogP contribution in [-0.2, 0) is 29.1 Å². The van der Waals surface area contributed by atoms with E-state index in [9.17, 15) is 14.0 Å². The van der Waals surface area contributed by atoms with Crippen molar-refractivity contribution in [2.75, 3.05) is 0 Å². The molecule has 1 N–H and O–H groups in total. The molecule has 0 fully saturated rings. The highest BCUT2D eigenvalue weighted by atomic mass is 32.1. The van der Waals surface area contributed by atoms with Crippen molar-refractivity contribution in [2.24, 2.45) is 0 Å². The third kappa shape index (κ3) is 5.97. The Bertz CT molecular complexity index is 1210. The zero-order valence-electron chi connectivity index (χ0n) is 18.6. The van der Waals surface area contributed by atoms with Crippen LogP contribution in [0, 0.1) is 5.82 Å². The maximum absolute atomic E-state index is 15.0. The second kappa shape index (κ2) is 11.4. The summed E-state index contributed by atoms with van der Waals surface area (Å²) >= 11 is 1.48. The largest absolute Gasteiger partial charge is 0.350 e. The van der Waals surface area contributed by atoms with Crippen LogP contribution in [0.4, 0.5) is 4.39 Å². The Morgan fingerprint density at radius 3 is 2.12 bits per heavy atom. The molecule has 6 heteroatoms. The van der Waals surface area contributed by atoms with Crippen LogP contribution in [0.2, 0.25) is 0 Å². The lowest BCUT2D eigenvalue weighted by atomic mass is 10.0. The molecule has 0 spiro atoms. The number of amides is 2. The van der Waals surface area contributed by atoms with Gasteiger partial charge in [0.2, 0.25) is 11.8 Å². The number of carbonyl (C=O) groups excluding carboxylic acids is 2. The lowest BCUT2D eigenvalue weighted by Gasteiger charge is -2.32. The molecule has 1 heterocycles. The highest BCUT2D eigenvalue weighted by Gasteiger charge is 2.33. The number of hydrogen-bond donors (Lipinski definition) is 1. The summed E-state index contributed by atoms with van der Waals surface area (Å²) in [5, 5.41) is 4.82.